The van der Waals surface area contributed by atoms with Gasteiger partial charge in [0.15, 0.2) is 17.5 Å². The average molecular weight is 351 g/mol. The molecule has 25 heavy (non-hydrogen) atoms. The first kappa shape index (κ1) is 19.3. The van der Waals surface area contributed by atoms with Crippen LogP contribution in [0.2, 0.25) is 0 Å². The van der Waals surface area contributed by atoms with Gasteiger partial charge in [0.05, 0.1) is 20.8 Å². The van der Waals surface area contributed by atoms with E-state index in [9.17, 15) is 5.11 Å². The number of rotatable bonds is 8. The van der Waals surface area contributed by atoms with Crippen LogP contribution in [0.15, 0.2) is 23.2 Å². The van der Waals surface area contributed by atoms with Gasteiger partial charge in [-0.05, 0) is 30.5 Å². The maximum Gasteiger partial charge on any atom is 0.191 e. The number of aliphatic hydroxyl groups is 1. The highest BCUT2D eigenvalue weighted by molar-refractivity contribution is 5.79. The lowest BCUT2D eigenvalue weighted by atomic mass is 9.84. The topological polar surface area (TPSA) is 84.3 Å². The fourth-order valence-electron chi connectivity index (χ4n) is 2.98. The van der Waals surface area contributed by atoms with E-state index < -0.39 is 0 Å². The van der Waals surface area contributed by atoms with Crippen LogP contribution in [0, 0.1) is 5.41 Å². The zero-order valence-corrected chi connectivity index (χ0v) is 15.3. The first-order valence-electron chi connectivity index (χ1n) is 8.50. The summed E-state index contributed by atoms with van der Waals surface area (Å²) in [6.07, 6.45) is 1.68. The second-order valence-electron chi connectivity index (χ2n) is 6.24. The van der Waals surface area contributed by atoms with Gasteiger partial charge in [-0.3, -0.25) is 4.99 Å². The number of ether oxygens (including phenoxy) is 3. The molecule has 1 saturated heterocycles. The van der Waals surface area contributed by atoms with Crippen molar-refractivity contribution in [2.24, 2.45) is 10.4 Å². The molecule has 3 N–H and O–H groups in total. The van der Waals surface area contributed by atoms with Gasteiger partial charge in [0.1, 0.15) is 0 Å². The Labute approximate surface area is 149 Å². The van der Waals surface area contributed by atoms with Gasteiger partial charge in [0.25, 0.3) is 0 Å². The van der Waals surface area contributed by atoms with Gasteiger partial charge in [-0.1, -0.05) is 6.07 Å². The smallest absolute Gasteiger partial charge is 0.191 e. The van der Waals surface area contributed by atoms with Gasteiger partial charge in [0, 0.05) is 38.8 Å². The lowest BCUT2D eigenvalue weighted by Gasteiger charge is -2.27. The van der Waals surface area contributed by atoms with Crippen LogP contribution in [-0.2, 0) is 11.3 Å². The van der Waals surface area contributed by atoms with Crippen LogP contribution >= 0.6 is 0 Å². The van der Waals surface area contributed by atoms with Gasteiger partial charge in [-0.2, -0.15) is 0 Å². The number of nitrogens with zero attached hydrogens (tertiary/aromatic N) is 1. The van der Waals surface area contributed by atoms with Crippen molar-refractivity contribution in [3.63, 3.8) is 0 Å². The Balaban J connectivity index is 1.90. The third kappa shape index (κ3) is 5.24. The number of hydrogen-bond acceptors (Lipinski definition) is 5. The SMILES string of the molecule is CN=C(NCc1ccc(OC)c(OC)c1)NCC1(CCO)CCOC1. The Morgan fingerprint density at radius 1 is 1.28 bits per heavy atom. The van der Waals surface area contributed by atoms with E-state index in [1.807, 2.05) is 18.2 Å². The zero-order chi connectivity index (χ0) is 18.1. The van der Waals surface area contributed by atoms with Crippen molar-refractivity contribution in [2.45, 2.75) is 19.4 Å². The highest BCUT2D eigenvalue weighted by Crippen LogP contribution is 2.31. The second kappa shape index (κ2) is 9.48. The summed E-state index contributed by atoms with van der Waals surface area (Å²) in [6.45, 7) is 2.93. The minimum absolute atomic E-state index is 0.0182. The minimum atomic E-state index is -0.0182. The standard InChI is InChI=1S/C18H29N3O4/c1-19-17(21-12-18(6-8-22)7-9-25-13-18)20-11-14-4-5-15(23-2)16(10-14)24-3/h4-5,10,22H,6-9,11-13H2,1-3H3,(H2,19,20,21). The van der Waals surface area contributed by atoms with Crippen molar-refractivity contribution >= 4 is 5.96 Å². The molecule has 1 heterocycles. The summed E-state index contributed by atoms with van der Waals surface area (Å²) in [5.74, 6) is 2.13. The molecule has 0 amide bonds. The molecule has 1 fully saturated rings. The van der Waals surface area contributed by atoms with Gasteiger partial charge in [0.2, 0.25) is 0 Å². The summed E-state index contributed by atoms with van der Waals surface area (Å²) in [5, 5.41) is 16.0. The monoisotopic (exact) mass is 351 g/mol. The number of benzene rings is 1. The van der Waals surface area contributed by atoms with Crippen LogP contribution in [0.5, 0.6) is 11.5 Å². The van der Waals surface area contributed by atoms with E-state index in [-0.39, 0.29) is 12.0 Å². The Morgan fingerprint density at radius 2 is 2.08 bits per heavy atom. The maximum atomic E-state index is 9.31. The molecule has 140 valence electrons. The molecule has 0 aromatic heterocycles. The molecule has 7 heteroatoms. The fourth-order valence-corrected chi connectivity index (χ4v) is 2.98. The van der Waals surface area contributed by atoms with Crippen LogP contribution < -0.4 is 20.1 Å². The molecular weight excluding hydrogens is 322 g/mol. The Hall–Kier alpha value is -1.99. The van der Waals surface area contributed by atoms with Gasteiger partial charge < -0.3 is 30.0 Å². The summed E-state index contributed by atoms with van der Waals surface area (Å²) < 4.78 is 16.1. The van der Waals surface area contributed by atoms with Crippen LogP contribution in [0.25, 0.3) is 0 Å². The summed E-state index contributed by atoms with van der Waals surface area (Å²) in [6, 6.07) is 5.81. The van der Waals surface area contributed by atoms with E-state index in [0.29, 0.717) is 24.7 Å². The van der Waals surface area contributed by atoms with E-state index in [1.54, 1.807) is 21.3 Å². The molecular formula is C18H29N3O4. The first-order chi connectivity index (χ1) is 12.2. The third-order valence-corrected chi connectivity index (χ3v) is 4.59. The predicted octanol–water partition coefficient (Wildman–Crippen LogP) is 1.16. The number of nitrogens with one attached hydrogen (secondary N) is 2. The molecule has 0 aliphatic carbocycles. The molecule has 7 nitrogen and oxygen atoms in total. The van der Waals surface area contributed by atoms with Crippen molar-refractivity contribution in [1.29, 1.82) is 0 Å². The van der Waals surface area contributed by atoms with Crippen LogP contribution in [-0.4, -0.2) is 58.7 Å². The summed E-state index contributed by atoms with van der Waals surface area (Å²) in [5.41, 5.74) is 1.05. The molecule has 1 aromatic carbocycles. The normalized spacial score (nSPS) is 20.4. The lowest BCUT2D eigenvalue weighted by molar-refractivity contribution is 0.127. The van der Waals surface area contributed by atoms with Gasteiger partial charge in [-0.15, -0.1) is 0 Å². The summed E-state index contributed by atoms with van der Waals surface area (Å²) >= 11 is 0. The van der Waals surface area contributed by atoms with Gasteiger partial charge >= 0.3 is 0 Å². The molecule has 2 rings (SSSR count). The first-order valence-corrected chi connectivity index (χ1v) is 8.50. The van der Waals surface area contributed by atoms with E-state index in [2.05, 4.69) is 15.6 Å². The number of aliphatic hydroxyl groups excluding tert-OH is 1. The molecule has 1 unspecified atom stereocenters. The van der Waals surface area contributed by atoms with E-state index in [0.717, 1.165) is 37.5 Å². The molecule has 0 radical (unpaired) electrons. The molecule has 1 aliphatic rings. The second-order valence-corrected chi connectivity index (χ2v) is 6.24. The molecule has 0 bridgehead atoms. The van der Waals surface area contributed by atoms with E-state index in [1.165, 1.54) is 0 Å². The van der Waals surface area contributed by atoms with Crippen LogP contribution in [0.4, 0.5) is 0 Å². The molecule has 1 atom stereocenters. The van der Waals surface area contributed by atoms with Crippen molar-refractivity contribution in [1.82, 2.24) is 10.6 Å². The predicted molar refractivity (Wildman–Crippen MR) is 97.3 cm³/mol. The van der Waals surface area contributed by atoms with Crippen LogP contribution in [0.1, 0.15) is 18.4 Å². The zero-order valence-electron chi connectivity index (χ0n) is 15.3. The Bertz CT molecular complexity index is 571. The summed E-state index contributed by atoms with van der Waals surface area (Å²) in [4.78, 5) is 4.27. The average Bonchev–Trinajstić information content (AvgIpc) is 3.10. The summed E-state index contributed by atoms with van der Waals surface area (Å²) in [7, 11) is 4.99. The molecule has 0 saturated carbocycles. The number of guanidine groups is 1. The Morgan fingerprint density at radius 3 is 2.68 bits per heavy atom. The van der Waals surface area contributed by atoms with Crippen molar-refractivity contribution in [3.05, 3.63) is 23.8 Å². The van der Waals surface area contributed by atoms with Gasteiger partial charge in [-0.25, -0.2) is 0 Å². The van der Waals surface area contributed by atoms with E-state index >= 15 is 0 Å². The third-order valence-electron chi connectivity index (χ3n) is 4.59. The van der Waals surface area contributed by atoms with Crippen molar-refractivity contribution in [2.75, 3.05) is 47.6 Å². The number of hydrogen-bond donors (Lipinski definition) is 3. The van der Waals surface area contributed by atoms with Crippen molar-refractivity contribution < 1.29 is 19.3 Å². The number of methoxy groups -OCH3 is 2. The minimum Gasteiger partial charge on any atom is -0.493 e. The van der Waals surface area contributed by atoms with Crippen LogP contribution in [0.3, 0.4) is 0 Å². The Kier molecular flexibility index (Phi) is 7.33. The quantitative estimate of drug-likeness (QED) is 0.481. The lowest BCUT2D eigenvalue weighted by Crippen LogP contribution is -2.44. The maximum absolute atomic E-state index is 9.31. The highest BCUT2D eigenvalue weighted by atomic mass is 16.5. The largest absolute Gasteiger partial charge is 0.493 e. The highest BCUT2D eigenvalue weighted by Gasteiger charge is 2.34. The number of aliphatic imine (C=N–C) groups is 1. The molecule has 0 spiro atoms. The van der Waals surface area contributed by atoms with E-state index in [4.69, 9.17) is 14.2 Å². The molecule has 1 aromatic rings. The fraction of sp³-hybridized carbons (Fsp3) is 0.611. The van der Waals surface area contributed by atoms with Crippen molar-refractivity contribution in [3.8, 4) is 11.5 Å². The molecule has 1 aliphatic heterocycles.